The van der Waals surface area contributed by atoms with Crippen molar-refractivity contribution in [2.45, 2.75) is 11.8 Å². The van der Waals surface area contributed by atoms with E-state index < -0.39 is 14.9 Å². The van der Waals surface area contributed by atoms with E-state index in [-0.39, 0.29) is 35.3 Å². The van der Waals surface area contributed by atoms with E-state index in [0.717, 1.165) is 18.2 Å². The van der Waals surface area contributed by atoms with Gasteiger partial charge in [0.25, 0.3) is 5.69 Å². The number of rotatable bonds is 7. The van der Waals surface area contributed by atoms with Crippen LogP contribution in [-0.2, 0) is 14.8 Å². The predicted octanol–water partition coefficient (Wildman–Crippen LogP) is -0.705. The van der Waals surface area contributed by atoms with Gasteiger partial charge in [0.1, 0.15) is 4.90 Å². The summed E-state index contributed by atoms with van der Waals surface area (Å²) in [6, 6.07) is 3.15. The van der Waals surface area contributed by atoms with Crippen molar-refractivity contribution in [1.82, 2.24) is 10.0 Å². The number of hydrogen-bond donors (Lipinski definition) is 4. The molecule has 0 spiro atoms. The van der Waals surface area contributed by atoms with Crippen LogP contribution in [0, 0.1) is 10.1 Å². The second kappa shape index (κ2) is 6.97. The van der Waals surface area contributed by atoms with Crippen molar-refractivity contribution in [3.63, 3.8) is 0 Å². The van der Waals surface area contributed by atoms with Crippen LogP contribution in [0.1, 0.15) is 6.92 Å². The minimum Gasteiger partial charge on any atom is -0.355 e. The third-order valence-electron chi connectivity index (χ3n) is 2.41. The molecule has 1 amide bonds. The Morgan fingerprint density at radius 3 is 2.57 bits per heavy atom. The topological polar surface area (TPSA) is 156 Å². The molecule has 21 heavy (non-hydrogen) atoms. The zero-order valence-electron chi connectivity index (χ0n) is 11.1. The summed E-state index contributed by atoms with van der Waals surface area (Å²) in [5.41, 5.74) is 1.72. The highest BCUT2D eigenvalue weighted by molar-refractivity contribution is 7.89. The molecule has 116 valence electrons. The van der Waals surface area contributed by atoms with Gasteiger partial charge >= 0.3 is 0 Å². The van der Waals surface area contributed by atoms with Crippen LogP contribution in [0.2, 0.25) is 0 Å². The molecule has 1 aromatic carbocycles. The zero-order chi connectivity index (χ0) is 16.0. The summed E-state index contributed by atoms with van der Waals surface area (Å²) in [5.74, 6) is 4.91. The lowest BCUT2D eigenvalue weighted by molar-refractivity contribution is -0.384. The van der Waals surface area contributed by atoms with Crippen molar-refractivity contribution >= 4 is 27.3 Å². The molecule has 0 aliphatic heterocycles. The first kappa shape index (κ1) is 16.8. The smallest absolute Gasteiger partial charge is 0.271 e. The zero-order valence-corrected chi connectivity index (χ0v) is 11.9. The molecule has 0 radical (unpaired) electrons. The van der Waals surface area contributed by atoms with Crippen molar-refractivity contribution in [1.29, 1.82) is 0 Å². The van der Waals surface area contributed by atoms with E-state index in [0.29, 0.717) is 0 Å². The van der Waals surface area contributed by atoms with Crippen LogP contribution in [0.15, 0.2) is 23.1 Å². The van der Waals surface area contributed by atoms with E-state index >= 15 is 0 Å². The van der Waals surface area contributed by atoms with Gasteiger partial charge in [0, 0.05) is 32.1 Å². The first-order valence-electron chi connectivity index (χ1n) is 5.77. The Morgan fingerprint density at radius 2 is 2.05 bits per heavy atom. The van der Waals surface area contributed by atoms with Crippen molar-refractivity contribution in [3.8, 4) is 0 Å². The number of benzene rings is 1. The van der Waals surface area contributed by atoms with E-state index in [9.17, 15) is 23.3 Å². The van der Waals surface area contributed by atoms with Crippen LogP contribution in [0.5, 0.6) is 0 Å². The maximum atomic E-state index is 12.0. The Balaban J connectivity index is 2.92. The lowest BCUT2D eigenvalue weighted by atomic mass is 10.3. The number of nitrogens with zero attached hydrogens (tertiary/aromatic N) is 1. The van der Waals surface area contributed by atoms with Gasteiger partial charge < -0.3 is 10.7 Å². The Labute approximate surface area is 120 Å². The number of hydrogen-bond acceptors (Lipinski definition) is 7. The molecule has 0 heterocycles. The Morgan fingerprint density at radius 1 is 1.38 bits per heavy atom. The van der Waals surface area contributed by atoms with Gasteiger partial charge in [0.15, 0.2) is 0 Å². The predicted molar refractivity (Wildman–Crippen MR) is 74.8 cm³/mol. The van der Waals surface area contributed by atoms with Gasteiger partial charge in [-0.15, -0.1) is 0 Å². The molecule has 0 aliphatic carbocycles. The summed E-state index contributed by atoms with van der Waals surface area (Å²) < 4.78 is 26.3. The minimum absolute atomic E-state index is 0.0249. The fraction of sp³-hybridized carbons (Fsp3) is 0.300. The average molecular weight is 317 g/mol. The Kier molecular flexibility index (Phi) is 5.58. The van der Waals surface area contributed by atoms with Crippen LogP contribution in [0.3, 0.4) is 0 Å². The van der Waals surface area contributed by atoms with Crippen molar-refractivity contribution < 1.29 is 18.1 Å². The van der Waals surface area contributed by atoms with Gasteiger partial charge in [-0.05, 0) is 6.07 Å². The fourth-order valence-corrected chi connectivity index (χ4v) is 2.66. The standard InChI is InChI=1S/C10H15N5O5S/c1-7(16)12-4-5-13-21(19,20)10-3-2-8(15(17)18)6-9(10)14-11/h2-3,6,13-14H,4-5,11H2,1H3,(H,12,16). The lowest BCUT2D eigenvalue weighted by Crippen LogP contribution is -2.34. The van der Waals surface area contributed by atoms with Crippen LogP contribution in [0.25, 0.3) is 0 Å². The average Bonchev–Trinajstić information content (AvgIpc) is 2.42. The Bertz CT molecular complexity index is 645. The number of amides is 1. The molecule has 0 saturated heterocycles. The lowest BCUT2D eigenvalue weighted by Gasteiger charge is -2.11. The van der Waals surface area contributed by atoms with E-state index in [1.165, 1.54) is 6.92 Å². The highest BCUT2D eigenvalue weighted by Crippen LogP contribution is 2.25. The van der Waals surface area contributed by atoms with Crippen molar-refractivity contribution in [2.24, 2.45) is 5.84 Å². The third-order valence-corrected chi connectivity index (χ3v) is 3.93. The molecule has 1 rings (SSSR count). The van der Waals surface area contributed by atoms with Gasteiger partial charge in [-0.2, -0.15) is 0 Å². The Hall–Kier alpha value is -2.24. The molecule has 0 saturated carbocycles. The summed E-state index contributed by atoms with van der Waals surface area (Å²) in [4.78, 5) is 20.4. The summed E-state index contributed by atoms with van der Waals surface area (Å²) in [7, 11) is -3.91. The van der Waals surface area contributed by atoms with Crippen LogP contribution < -0.4 is 21.3 Å². The van der Waals surface area contributed by atoms with Crippen molar-refractivity contribution in [2.75, 3.05) is 18.5 Å². The number of nitro benzene ring substituents is 1. The number of sulfonamides is 1. The first-order chi connectivity index (χ1) is 9.77. The number of nitrogens with two attached hydrogens (primary N) is 1. The van der Waals surface area contributed by atoms with Crippen LogP contribution in [-0.4, -0.2) is 32.3 Å². The second-order valence-electron chi connectivity index (χ2n) is 3.96. The SMILES string of the molecule is CC(=O)NCCNS(=O)(=O)c1ccc([N+](=O)[O-])cc1NN. The van der Waals surface area contributed by atoms with Crippen LogP contribution >= 0.6 is 0 Å². The summed E-state index contributed by atoms with van der Waals surface area (Å²) in [6.45, 7) is 1.40. The fourth-order valence-electron chi connectivity index (χ4n) is 1.48. The highest BCUT2D eigenvalue weighted by Gasteiger charge is 2.20. The molecular weight excluding hydrogens is 302 g/mol. The number of anilines is 1. The molecule has 0 bridgehead atoms. The second-order valence-corrected chi connectivity index (χ2v) is 5.70. The molecule has 0 aliphatic rings. The summed E-state index contributed by atoms with van der Waals surface area (Å²) >= 11 is 0. The van der Waals surface area contributed by atoms with Gasteiger partial charge in [-0.3, -0.25) is 20.8 Å². The number of hydrazine groups is 1. The molecule has 0 fully saturated rings. The molecule has 5 N–H and O–H groups in total. The minimum atomic E-state index is -3.91. The van der Waals surface area contributed by atoms with E-state index in [1.54, 1.807) is 0 Å². The number of nitrogen functional groups attached to an aromatic ring is 1. The van der Waals surface area contributed by atoms with Gasteiger partial charge in [-0.1, -0.05) is 0 Å². The maximum Gasteiger partial charge on any atom is 0.271 e. The monoisotopic (exact) mass is 317 g/mol. The first-order valence-corrected chi connectivity index (χ1v) is 7.25. The molecular formula is C10H15N5O5S. The molecule has 10 nitrogen and oxygen atoms in total. The maximum absolute atomic E-state index is 12.0. The van der Waals surface area contributed by atoms with E-state index in [1.807, 2.05) is 0 Å². The van der Waals surface area contributed by atoms with Gasteiger partial charge in [0.2, 0.25) is 15.9 Å². The van der Waals surface area contributed by atoms with E-state index in [2.05, 4.69) is 15.5 Å². The number of nitrogens with one attached hydrogen (secondary N) is 3. The summed E-state index contributed by atoms with van der Waals surface area (Å²) in [5, 5.41) is 13.1. The number of nitro groups is 1. The molecule has 1 aromatic rings. The molecule has 0 aromatic heterocycles. The normalized spacial score (nSPS) is 11.0. The number of carbonyl (C=O) groups is 1. The van der Waals surface area contributed by atoms with Gasteiger partial charge in [0.05, 0.1) is 10.6 Å². The quantitative estimate of drug-likeness (QED) is 0.224. The van der Waals surface area contributed by atoms with Gasteiger partial charge in [-0.25, -0.2) is 13.1 Å². The molecule has 0 unspecified atom stereocenters. The molecule has 11 heteroatoms. The van der Waals surface area contributed by atoms with E-state index in [4.69, 9.17) is 5.84 Å². The van der Waals surface area contributed by atoms with Crippen LogP contribution in [0.4, 0.5) is 11.4 Å². The number of carbonyl (C=O) groups excluding carboxylic acids is 1. The highest BCUT2D eigenvalue weighted by atomic mass is 32.2. The largest absolute Gasteiger partial charge is 0.355 e. The third kappa shape index (κ3) is 4.66. The molecule has 0 atom stereocenters. The number of non-ortho nitro benzene ring substituents is 1. The van der Waals surface area contributed by atoms with Crippen molar-refractivity contribution in [3.05, 3.63) is 28.3 Å². The summed E-state index contributed by atoms with van der Waals surface area (Å²) in [6.07, 6.45) is 0.